The summed E-state index contributed by atoms with van der Waals surface area (Å²) in [7, 11) is 0. The van der Waals surface area contributed by atoms with E-state index in [0.717, 1.165) is 12.8 Å². The Labute approximate surface area is 156 Å². The van der Waals surface area contributed by atoms with Crippen LogP contribution in [0.2, 0.25) is 10.0 Å². The molecule has 1 fully saturated rings. The summed E-state index contributed by atoms with van der Waals surface area (Å²) in [6, 6.07) is 5.14. The Morgan fingerprint density at radius 1 is 1.42 bits per heavy atom. The normalized spacial score (nSPS) is 14.8. The molecule has 2 aromatic rings. The summed E-state index contributed by atoms with van der Waals surface area (Å²) in [6.45, 7) is 2.15. The summed E-state index contributed by atoms with van der Waals surface area (Å²) in [5.74, 6) is 0.737. The van der Waals surface area contributed by atoms with Crippen LogP contribution in [0.15, 0.2) is 18.2 Å². The lowest BCUT2D eigenvalue weighted by molar-refractivity contribution is 0.0923. The highest BCUT2D eigenvalue weighted by Crippen LogP contribution is 2.32. The van der Waals surface area contributed by atoms with Crippen molar-refractivity contribution < 1.29 is 4.79 Å². The summed E-state index contributed by atoms with van der Waals surface area (Å²) in [6.07, 6.45) is 2.19. The fourth-order valence-corrected chi connectivity index (χ4v) is 3.05. The average Bonchev–Trinajstić information content (AvgIpc) is 3.28. The maximum atomic E-state index is 12.3. The van der Waals surface area contributed by atoms with Gasteiger partial charge in [-0.2, -0.15) is 0 Å². The summed E-state index contributed by atoms with van der Waals surface area (Å²) in [4.78, 5) is 16.6. The monoisotopic (exact) mass is 389 g/mol. The number of rotatable bonds is 5. The van der Waals surface area contributed by atoms with E-state index in [1.54, 1.807) is 25.1 Å². The number of halogens is 3. The minimum Gasteiger partial charge on any atom is -0.345 e. The Kier molecular flexibility index (Phi) is 6.09. The predicted octanol–water partition coefficient (Wildman–Crippen LogP) is 2.77. The molecule has 0 aliphatic heterocycles. The third kappa shape index (κ3) is 3.83. The van der Waals surface area contributed by atoms with Gasteiger partial charge in [-0.15, -0.1) is 17.5 Å². The highest BCUT2D eigenvalue weighted by atomic mass is 35.5. The molecule has 0 saturated heterocycles. The number of hydrogen-bond donors (Lipinski definition) is 2. The standard InChI is InChI=1S/C15H17Cl2N5O.ClH/c1-8-19-14(15(23)20-12(7-18)9-5-6-9)21-22(8)13-10(16)3-2-4-11(13)17;/h2-4,9,12H,5-7,18H2,1H3,(H,20,23);1H. The number of para-hydroxylation sites is 1. The zero-order valence-electron chi connectivity index (χ0n) is 13.0. The van der Waals surface area contributed by atoms with Gasteiger partial charge in [0.1, 0.15) is 11.5 Å². The molecule has 130 valence electrons. The molecule has 9 heteroatoms. The number of benzene rings is 1. The maximum absolute atomic E-state index is 12.3. The van der Waals surface area contributed by atoms with E-state index in [1.807, 2.05) is 0 Å². The third-order valence-corrected chi connectivity index (χ3v) is 4.49. The van der Waals surface area contributed by atoms with Crippen molar-refractivity contribution in [2.24, 2.45) is 11.7 Å². The van der Waals surface area contributed by atoms with Crippen molar-refractivity contribution in [1.29, 1.82) is 0 Å². The van der Waals surface area contributed by atoms with Crippen LogP contribution < -0.4 is 11.1 Å². The van der Waals surface area contributed by atoms with Crippen molar-refractivity contribution in [3.8, 4) is 5.69 Å². The Hall–Kier alpha value is -1.34. The number of hydrogen-bond acceptors (Lipinski definition) is 4. The Morgan fingerprint density at radius 2 is 2.04 bits per heavy atom. The second-order valence-corrected chi connectivity index (χ2v) is 6.43. The molecular formula is C15H18Cl3N5O. The van der Waals surface area contributed by atoms with Crippen molar-refractivity contribution in [1.82, 2.24) is 20.1 Å². The Bertz CT molecular complexity index is 724. The lowest BCUT2D eigenvalue weighted by Gasteiger charge is -2.14. The van der Waals surface area contributed by atoms with Crippen LogP contribution in [0.25, 0.3) is 5.69 Å². The highest BCUT2D eigenvalue weighted by molar-refractivity contribution is 6.37. The van der Waals surface area contributed by atoms with Gasteiger partial charge in [-0.1, -0.05) is 29.3 Å². The predicted molar refractivity (Wildman–Crippen MR) is 96.4 cm³/mol. The van der Waals surface area contributed by atoms with Crippen LogP contribution in [0, 0.1) is 12.8 Å². The molecule has 1 amide bonds. The van der Waals surface area contributed by atoms with E-state index in [4.69, 9.17) is 28.9 Å². The summed E-state index contributed by atoms with van der Waals surface area (Å²) in [5, 5.41) is 8.03. The summed E-state index contributed by atoms with van der Waals surface area (Å²) in [5.41, 5.74) is 6.22. The van der Waals surface area contributed by atoms with E-state index >= 15 is 0 Å². The molecular weight excluding hydrogens is 373 g/mol. The van der Waals surface area contributed by atoms with Crippen molar-refractivity contribution in [2.75, 3.05) is 6.54 Å². The Morgan fingerprint density at radius 3 is 2.58 bits per heavy atom. The zero-order chi connectivity index (χ0) is 16.6. The van der Waals surface area contributed by atoms with Crippen molar-refractivity contribution in [2.45, 2.75) is 25.8 Å². The topological polar surface area (TPSA) is 85.8 Å². The van der Waals surface area contributed by atoms with Gasteiger partial charge in [-0.05, 0) is 37.8 Å². The quantitative estimate of drug-likeness (QED) is 0.822. The number of amides is 1. The van der Waals surface area contributed by atoms with E-state index in [-0.39, 0.29) is 30.2 Å². The van der Waals surface area contributed by atoms with Crippen LogP contribution in [0.5, 0.6) is 0 Å². The second-order valence-electron chi connectivity index (χ2n) is 5.62. The first-order chi connectivity index (χ1) is 11.0. The molecule has 24 heavy (non-hydrogen) atoms. The molecule has 0 spiro atoms. The second kappa shape index (κ2) is 7.70. The average molecular weight is 391 g/mol. The summed E-state index contributed by atoms with van der Waals surface area (Å²) < 4.78 is 1.48. The van der Waals surface area contributed by atoms with Crippen LogP contribution in [-0.2, 0) is 0 Å². The zero-order valence-corrected chi connectivity index (χ0v) is 15.3. The van der Waals surface area contributed by atoms with Crippen LogP contribution >= 0.6 is 35.6 Å². The largest absolute Gasteiger partial charge is 0.345 e. The minimum atomic E-state index is -0.336. The van der Waals surface area contributed by atoms with Crippen LogP contribution in [0.1, 0.15) is 29.3 Å². The molecule has 1 aliphatic rings. The molecule has 1 unspecified atom stereocenters. The molecule has 0 bridgehead atoms. The number of nitrogens with zero attached hydrogens (tertiary/aromatic N) is 3. The fourth-order valence-electron chi connectivity index (χ4n) is 2.49. The molecule has 1 saturated carbocycles. The lowest BCUT2D eigenvalue weighted by atomic mass is 10.2. The van der Waals surface area contributed by atoms with E-state index in [1.165, 1.54) is 4.68 Å². The molecule has 1 aromatic carbocycles. The van der Waals surface area contributed by atoms with Crippen molar-refractivity contribution >= 4 is 41.5 Å². The molecule has 6 nitrogen and oxygen atoms in total. The number of aromatic nitrogens is 3. The molecule has 1 atom stereocenters. The molecule has 0 radical (unpaired) electrons. The molecule has 1 aromatic heterocycles. The fraction of sp³-hybridized carbons (Fsp3) is 0.400. The number of nitrogens with one attached hydrogen (secondary N) is 1. The van der Waals surface area contributed by atoms with Gasteiger partial charge in [0.15, 0.2) is 0 Å². The smallest absolute Gasteiger partial charge is 0.291 e. The number of aryl methyl sites for hydroxylation is 1. The van der Waals surface area contributed by atoms with E-state index in [9.17, 15) is 4.79 Å². The van der Waals surface area contributed by atoms with Gasteiger partial charge in [0.05, 0.1) is 10.0 Å². The van der Waals surface area contributed by atoms with Gasteiger partial charge in [0.2, 0.25) is 5.82 Å². The van der Waals surface area contributed by atoms with Crippen LogP contribution in [0.4, 0.5) is 0 Å². The van der Waals surface area contributed by atoms with Crippen LogP contribution in [-0.4, -0.2) is 33.3 Å². The molecule has 1 heterocycles. The molecule has 3 rings (SSSR count). The first-order valence-electron chi connectivity index (χ1n) is 7.40. The van der Waals surface area contributed by atoms with Gasteiger partial charge >= 0.3 is 0 Å². The maximum Gasteiger partial charge on any atom is 0.291 e. The molecule has 1 aliphatic carbocycles. The lowest BCUT2D eigenvalue weighted by Crippen LogP contribution is -2.42. The van der Waals surface area contributed by atoms with Gasteiger partial charge in [-0.25, -0.2) is 9.67 Å². The number of carbonyl (C=O) groups excluding carboxylic acids is 1. The van der Waals surface area contributed by atoms with E-state index in [0.29, 0.717) is 34.0 Å². The van der Waals surface area contributed by atoms with Gasteiger partial charge in [0.25, 0.3) is 5.91 Å². The minimum absolute atomic E-state index is 0. The summed E-state index contributed by atoms with van der Waals surface area (Å²) >= 11 is 12.4. The first kappa shape index (κ1) is 19.0. The van der Waals surface area contributed by atoms with Gasteiger partial charge in [0, 0.05) is 12.6 Å². The van der Waals surface area contributed by atoms with Crippen LogP contribution in [0.3, 0.4) is 0 Å². The Balaban J connectivity index is 0.00000208. The van der Waals surface area contributed by atoms with E-state index in [2.05, 4.69) is 15.4 Å². The van der Waals surface area contributed by atoms with E-state index < -0.39 is 0 Å². The third-order valence-electron chi connectivity index (χ3n) is 3.88. The molecule has 3 N–H and O–H groups in total. The van der Waals surface area contributed by atoms with Crippen molar-refractivity contribution in [3.05, 3.63) is 39.9 Å². The van der Waals surface area contributed by atoms with Gasteiger partial charge in [-0.3, -0.25) is 4.79 Å². The van der Waals surface area contributed by atoms with Gasteiger partial charge < -0.3 is 11.1 Å². The SMILES string of the molecule is Cc1nc(C(=O)NC(CN)C2CC2)nn1-c1c(Cl)cccc1Cl.Cl. The van der Waals surface area contributed by atoms with Crippen molar-refractivity contribution in [3.63, 3.8) is 0 Å². The first-order valence-corrected chi connectivity index (χ1v) is 8.16. The number of nitrogens with two attached hydrogens (primary N) is 1. The number of carbonyl (C=O) groups is 1. The highest BCUT2D eigenvalue weighted by Gasteiger charge is 2.32.